The van der Waals surface area contributed by atoms with Crippen LogP contribution in [-0.4, -0.2) is 36.1 Å². The number of ether oxygens (including phenoxy) is 1. The van der Waals surface area contributed by atoms with Crippen molar-refractivity contribution in [1.29, 1.82) is 0 Å². The number of thiazole rings is 1. The van der Waals surface area contributed by atoms with Crippen molar-refractivity contribution in [3.8, 4) is 0 Å². The summed E-state index contributed by atoms with van der Waals surface area (Å²) >= 11 is 3.41. The van der Waals surface area contributed by atoms with Gasteiger partial charge in [0, 0.05) is 11.9 Å². The van der Waals surface area contributed by atoms with E-state index in [2.05, 4.69) is 16.6 Å². The Labute approximate surface area is 129 Å². The molecule has 1 N–H and O–H groups in total. The second-order valence-electron chi connectivity index (χ2n) is 5.01. The van der Waals surface area contributed by atoms with Crippen molar-refractivity contribution in [3.05, 3.63) is 11.1 Å². The summed E-state index contributed by atoms with van der Waals surface area (Å²) in [6.07, 6.45) is 4.47. The molecular formula is C14H24N2O2S2. The minimum absolute atomic E-state index is 0.225. The number of anilines is 1. The Hall–Kier alpha value is -0.750. The van der Waals surface area contributed by atoms with Gasteiger partial charge in [-0.15, -0.1) is 11.3 Å². The summed E-state index contributed by atoms with van der Waals surface area (Å²) in [5.74, 6) is 0.970. The number of hydrogen-bond donors (Lipinski definition) is 1. The molecule has 1 rings (SSSR count). The molecule has 0 amide bonds. The molecule has 1 aromatic heterocycles. The standard InChI is InChI=1S/C14H24N2O2S2/c1-5-18-12(17)14(2,3)11-10-20-13(16-11)15-8-6-7-9-19-4/h10H,5-9H2,1-4H3,(H,15,16). The number of esters is 1. The van der Waals surface area contributed by atoms with Gasteiger partial charge in [0.1, 0.15) is 5.41 Å². The van der Waals surface area contributed by atoms with Gasteiger partial charge in [-0.3, -0.25) is 4.79 Å². The minimum atomic E-state index is -0.689. The van der Waals surface area contributed by atoms with Crippen LogP contribution >= 0.6 is 23.1 Å². The number of hydrogen-bond acceptors (Lipinski definition) is 6. The molecule has 1 heterocycles. The van der Waals surface area contributed by atoms with E-state index in [-0.39, 0.29) is 5.97 Å². The average molecular weight is 316 g/mol. The van der Waals surface area contributed by atoms with Crippen molar-refractivity contribution < 1.29 is 9.53 Å². The first-order valence-corrected chi connectivity index (χ1v) is 9.15. The topological polar surface area (TPSA) is 51.2 Å². The van der Waals surface area contributed by atoms with Gasteiger partial charge in [-0.05, 0) is 45.6 Å². The van der Waals surface area contributed by atoms with Gasteiger partial charge in [0.2, 0.25) is 0 Å². The first kappa shape index (κ1) is 17.3. The van der Waals surface area contributed by atoms with E-state index in [9.17, 15) is 4.79 Å². The van der Waals surface area contributed by atoms with Crippen molar-refractivity contribution in [2.24, 2.45) is 0 Å². The van der Waals surface area contributed by atoms with Gasteiger partial charge in [-0.25, -0.2) is 4.98 Å². The summed E-state index contributed by atoms with van der Waals surface area (Å²) in [6.45, 7) is 6.83. The number of nitrogens with zero attached hydrogens (tertiary/aromatic N) is 1. The van der Waals surface area contributed by atoms with Crippen LogP contribution in [-0.2, 0) is 14.9 Å². The van der Waals surface area contributed by atoms with Gasteiger partial charge >= 0.3 is 5.97 Å². The molecule has 0 atom stereocenters. The zero-order chi connectivity index (χ0) is 15.0. The normalized spacial score (nSPS) is 11.4. The Morgan fingerprint density at radius 2 is 2.25 bits per heavy atom. The van der Waals surface area contributed by atoms with Gasteiger partial charge in [-0.1, -0.05) is 0 Å². The Morgan fingerprint density at radius 1 is 1.50 bits per heavy atom. The lowest BCUT2D eigenvalue weighted by Gasteiger charge is -2.19. The molecule has 0 fully saturated rings. The third-order valence-electron chi connectivity index (χ3n) is 2.98. The van der Waals surface area contributed by atoms with E-state index in [1.807, 2.05) is 37.9 Å². The summed E-state index contributed by atoms with van der Waals surface area (Å²) in [4.78, 5) is 16.4. The monoisotopic (exact) mass is 316 g/mol. The number of carbonyl (C=O) groups is 1. The molecule has 0 aliphatic heterocycles. The second-order valence-corrected chi connectivity index (χ2v) is 6.85. The largest absolute Gasteiger partial charge is 0.465 e. The van der Waals surface area contributed by atoms with E-state index in [1.165, 1.54) is 12.2 Å². The number of aromatic nitrogens is 1. The van der Waals surface area contributed by atoms with Gasteiger partial charge in [0.25, 0.3) is 0 Å². The third kappa shape index (κ3) is 4.98. The molecule has 114 valence electrons. The Kier molecular flexibility index (Phi) is 7.37. The number of nitrogens with one attached hydrogen (secondary N) is 1. The molecule has 1 aromatic rings. The third-order valence-corrected chi connectivity index (χ3v) is 4.48. The van der Waals surface area contributed by atoms with Crippen LogP contribution in [0.1, 0.15) is 39.3 Å². The highest BCUT2D eigenvalue weighted by atomic mass is 32.2. The smallest absolute Gasteiger partial charge is 0.317 e. The van der Waals surface area contributed by atoms with Gasteiger partial charge in [-0.2, -0.15) is 11.8 Å². The highest BCUT2D eigenvalue weighted by molar-refractivity contribution is 7.98. The van der Waals surface area contributed by atoms with Gasteiger partial charge < -0.3 is 10.1 Å². The maximum Gasteiger partial charge on any atom is 0.317 e. The minimum Gasteiger partial charge on any atom is -0.465 e. The van der Waals surface area contributed by atoms with E-state index in [1.54, 1.807) is 11.3 Å². The molecule has 0 radical (unpaired) electrons. The quantitative estimate of drug-likeness (QED) is 0.558. The first-order valence-electron chi connectivity index (χ1n) is 6.88. The first-order chi connectivity index (χ1) is 9.52. The Morgan fingerprint density at radius 3 is 2.90 bits per heavy atom. The van der Waals surface area contributed by atoms with E-state index >= 15 is 0 Å². The van der Waals surface area contributed by atoms with Gasteiger partial charge in [0.05, 0.1) is 12.3 Å². The number of carbonyl (C=O) groups excluding carboxylic acids is 1. The van der Waals surface area contributed by atoms with Crippen molar-refractivity contribution in [3.63, 3.8) is 0 Å². The van der Waals surface area contributed by atoms with Crippen LogP contribution in [0.3, 0.4) is 0 Å². The lowest BCUT2D eigenvalue weighted by molar-refractivity contribution is -0.148. The highest BCUT2D eigenvalue weighted by Crippen LogP contribution is 2.28. The van der Waals surface area contributed by atoms with Crippen LogP contribution in [0.2, 0.25) is 0 Å². The van der Waals surface area contributed by atoms with Crippen molar-refractivity contribution in [1.82, 2.24) is 4.98 Å². The second kappa shape index (κ2) is 8.52. The molecule has 0 saturated heterocycles. The van der Waals surface area contributed by atoms with Crippen LogP contribution < -0.4 is 5.32 Å². The molecule has 0 aliphatic carbocycles. The average Bonchev–Trinajstić information content (AvgIpc) is 2.88. The predicted molar refractivity (Wildman–Crippen MR) is 87.9 cm³/mol. The summed E-state index contributed by atoms with van der Waals surface area (Å²) in [7, 11) is 0. The van der Waals surface area contributed by atoms with Gasteiger partial charge in [0.15, 0.2) is 5.13 Å². The highest BCUT2D eigenvalue weighted by Gasteiger charge is 2.33. The summed E-state index contributed by atoms with van der Waals surface area (Å²) in [5.41, 5.74) is 0.0817. The molecular weight excluding hydrogens is 292 g/mol. The Balaban J connectivity index is 2.51. The molecule has 20 heavy (non-hydrogen) atoms. The Bertz CT molecular complexity index is 419. The molecule has 0 aliphatic rings. The zero-order valence-electron chi connectivity index (χ0n) is 12.7. The molecule has 6 heteroatoms. The molecule has 4 nitrogen and oxygen atoms in total. The summed E-state index contributed by atoms with van der Waals surface area (Å²) < 4.78 is 5.10. The van der Waals surface area contributed by atoms with E-state index < -0.39 is 5.41 Å². The fourth-order valence-electron chi connectivity index (χ4n) is 1.62. The van der Waals surface area contributed by atoms with Crippen LogP contribution in [0.5, 0.6) is 0 Å². The lowest BCUT2D eigenvalue weighted by Crippen LogP contribution is -2.31. The molecule has 0 unspecified atom stereocenters. The maximum absolute atomic E-state index is 11.9. The van der Waals surface area contributed by atoms with Crippen LogP contribution in [0.25, 0.3) is 0 Å². The molecule has 0 spiro atoms. The van der Waals surface area contributed by atoms with Crippen molar-refractivity contribution >= 4 is 34.2 Å². The zero-order valence-corrected chi connectivity index (χ0v) is 14.3. The van der Waals surface area contributed by atoms with Crippen LogP contribution in [0.4, 0.5) is 5.13 Å². The van der Waals surface area contributed by atoms with E-state index in [0.717, 1.165) is 23.8 Å². The molecule has 0 bridgehead atoms. The predicted octanol–water partition coefficient (Wildman–Crippen LogP) is 3.54. The van der Waals surface area contributed by atoms with E-state index in [0.29, 0.717) is 6.61 Å². The lowest BCUT2D eigenvalue weighted by atomic mass is 9.90. The summed E-state index contributed by atoms with van der Waals surface area (Å²) in [6, 6.07) is 0. The fraction of sp³-hybridized carbons (Fsp3) is 0.714. The number of unbranched alkanes of at least 4 members (excludes halogenated alkanes) is 1. The molecule has 0 saturated carbocycles. The van der Waals surface area contributed by atoms with Crippen LogP contribution in [0, 0.1) is 0 Å². The summed E-state index contributed by atoms with van der Waals surface area (Å²) in [5, 5.41) is 6.12. The van der Waals surface area contributed by atoms with Crippen LogP contribution in [0.15, 0.2) is 5.38 Å². The van der Waals surface area contributed by atoms with Crippen molar-refractivity contribution in [2.45, 2.75) is 39.0 Å². The SMILES string of the molecule is CCOC(=O)C(C)(C)c1csc(NCCCCSC)n1. The number of thioether (sulfide) groups is 1. The molecule has 0 aromatic carbocycles. The maximum atomic E-state index is 11.9. The van der Waals surface area contributed by atoms with Crippen molar-refractivity contribution in [2.75, 3.05) is 30.5 Å². The van der Waals surface area contributed by atoms with E-state index in [4.69, 9.17) is 4.74 Å². The fourth-order valence-corrected chi connectivity index (χ4v) is 3.02. The number of rotatable bonds is 9.